The number of carbonyl (C=O) groups is 2. The van der Waals surface area contributed by atoms with Crippen molar-refractivity contribution in [1.29, 1.82) is 0 Å². The van der Waals surface area contributed by atoms with Crippen LogP contribution in [0.1, 0.15) is 23.3 Å². The molecule has 1 atom stereocenters. The highest BCUT2D eigenvalue weighted by atomic mass is 79.9. The van der Waals surface area contributed by atoms with Crippen LogP contribution in [0.2, 0.25) is 0 Å². The molecule has 6 nitrogen and oxygen atoms in total. The molecule has 1 saturated heterocycles. The maximum atomic E-state index is 13.9. The zero-order chi connectivity index (χ0) is 16.6. The lowest BCUT2D eigenvalue weighted by Gasteiger charge is -2.19. The predicted octanol–water partition coefficient (Wildman–Crippen LogP) is 2.93. The second-order valence-electron chi connectivity index (χ2n) is 5.16. The largest absolute Gasteiger partial charge is 0.480 e. The van der Waals surface area contributed by atoms with Crippen molar-refractivity contribution in [3.63, 3.8) is 0 Å². The minimum absolute atomic E-state index is 0.0237. The number of hydrogen-bond acceptors (Lipinski definition) is 4. The summed E-state index contributed by atoms with van der Waals surface area (Å²) in [5.41, 5.74) is 0.0962. The van der Waals surface area contributed by atoms with Gasteiger partial charge >= 0.3 is 5.97 Å². The average molecular weight is 383 g/mol. The molecule has 0 bridgehead atoms. The molecule has 0 radical (unpaired) electrons. The zero-order valence-electron chi connectivity index (χ0n) is 11.8. The third-order valence-corrected chi connectivity index (χ3v) is 4.18. The van der Waals surface area contributed by atoms with E-state index in [1.165, 1.54) is 17.0 Å². The molecule has 120 valence electrons. The molecule has 0 saturated carbocycles. The fraction of sp³-hybridized carbons (Fsp3) is 0.267. The molecule has 2 heterocycles. The van der Waals surface area contributed by atoms with E-state index in [2.05, 4.69) is 20.9 Å². The topological polar surface area (TPSA) is 83.6 Å². The highest BCUT2D eigenvalue weighted by Gasteiger charge is 2.35. The van der Waals surface area contributed by atoms with Gasteiger partial charge in [-0.2, -0.15) is 0 Å². The standard InChI is InChI=1S/C15H12BrFN2O4/c16-8-3-4-9(10(17)6-8)13-18-11(7-23-13)14(20)19-5-1-2-12(19)15(21)22/h3-4,6-7,12H,1-2,5H2,(H,21,22)/t12-/m1/s1. The summed E-state index contributed by atoms with van der Waals surface area (Å²) in [6, 6.07) is 3.52. The lowest BCUT2D eigenvalue weighted by molar-refractivity contribution is -0.141. The van der Waals surface area contributed by atoms with Crippen LogP contribution in [0.4, 0.5) is 4.39 Å². The van der Waals surface area contributed by atoms with Crippen LogP contribution in [-0.4, -0.2) is 39.5 Å². The maximum absolute atomic E-state index is 13.9. The first-order valence-corrected chi connectivity index (χ1v) is 7.71. The number of nitrogens with zero attached hydrogens (tertiary/aromatic N) is 2. The summed E-state index contributed by atoms with van der Waals surface area (Å²) in [5.74, 6) is -2.13. The number of oxazole rings is 1. The zero-order valence-corrected chi connectivity index (χ0v) is 13.4. The van der Waals surface area contributed by atoms with Crippen LogP contribution < -0.4 is 0 Å². The second-order valence-corrected chi connectivity index (χ2v) is 6.07. The van der Waals surface area contributed by atoms with E-state index in [0.29, 0.717) is 23.9 Å². The van der Waals surface area contributed by atoms with Gasteiger partial charge in [0.1, 0.15) is 18.1 Å². The Balaban J connectivity index is 1.87. The summed E-state index contributed by atoms with van der Waals surface area (Å²) in [5, 5.41) is 9.13. The molecular formula is C15H12BrFN2O4. The molecule has 1 amide bonds. The van der Waals surface area contributed by atoms with Crippen molar-refractivity contribution in [3.8, 4) is 11.5 Å². The summed E-state index contributed by atoms with van der Waals surface area (Å²) < 4.78 is 19.7. The molecule has 2 aromatic rings. The van der Waals surface area contributed by atoms with E-state index in [0.717, 1.165) is 6.26 Å². The normalized spacial score (nSPS) is 17.5. The highest BCUT2D eigenvalue weighted by molar-refractivity contribution is 9.10. The van der Waals surface area contributed by atoms with Gasteiger partial charge in [0.2, 0.25) is 5.89 Å². The number of hydrogen-bond donors (Lipinski definition) is 1. The number of halogens is 2. The second kappa shape index (κ2) is 6.11. The van der Waals surface area contributed by atoms with Crippen LogP contribution in [0.3, 0.4) is 0 Å². The van der Waals surface area contributed by atoms with E-state index in [1.54, 1.807) is 6.07 Å². The first kappa shape index (κ1) is 15.7. The first-order valence-electron chi connectivity index (χ1n) is 6.92. The Hall–Kier alpha value is -2.22. The van der Waals surface area contributed by atoms with E-state index >= 15 is 0 Å². The van der Waals surface area contributed by atoms with E-state index in [4.69, 9.17) is 9.52 Å². The molecule has 1 aromatic carbocycles. The van der Waals surface area contributed by atoms with Gasteiger partial charge in [-0.05, 0) is 31.0 Å². The molecule has 1 N–H and O–H groups in total. The number of aliphatic carboxylic acids is 1. The van der Waals surface area contributed by atoms with Gasteiger partial charge in [0.05, 0.1) is 5.56 Å². The van der Waals surface area contributed by atoms with Crippen LogP contribution in [0.5, 0.6) is 0 Å². The number of amides is 1. The van der Waals surface area contributed by atoms with E-state index in [1.807, 2.05) is 0 Å². The molecule has 0 spiro atoms. The predicted molar refractivity (Wildman–Crippen MR) is 81.3 cm³/mol. The van der Waals surface area contributed by atoms with Gasteiger partial charge in [0, 0.05) is 11.0 Å². The SMILES string of the molecule is O=C(O)[C@H]1CCCN1C(=O)c1coc(-c2ccc(Br)cc2F)n1. The molecule has 1 aromatic heterocycles. The molecule has 0 unspecified atom stereocenters. The van der Waals surface area contributed by atoms with E-state index in [-0.39, 0.29) is 17.1 Å². The van der Waals surface area contributed by atoms with Crippen LogP contribution in [0, 0.1) is 5.82 Å². The Labute approximate surface area is 139 Å². The maximum Gasteiger partial charge on any atom is 0.326 e. The number of rotatable bonds is 3. The number of benzene rings is 1. The molecular weight excluding hydrogens is 371 g/mol. The van der Waals surface area contributed by atoms with Gasteiger partial charge in [0.25, 0.3) is 5.91 Å². The monoisotopic (exact) mass is 382 g/mol. The number of carboxylic acids is 1. The van der Waals surface area contributed by atoms with Gasteiger partial charge < -0.3 is 14.4 Å². The van der Waals surface area contributed by atoms with Gasteiger partial charge in [0.15, 0.2) is 5.69 Å². The van der Waals surface area contributed by atoms with Gasteiger partial charge in [-0.25, -0.2) is 14.2 Å². The fourth-order valence-corrected chi connectivity index (χ4v) is 2.91. The molecule has 1 aliphatic heterocycles. The van der Waals surface area contributed by atoms with Crippen LogP contribution in [0.15, 0.2) is 33.4 Å². The Morgan fingerprint density at radius 1 is 1.43 bits per heavy atom. The Bertz CT molecular complexity index is 777. The summed E-state index contributed by atoms with van der Waals surface area (Å²) in [4.78, 5) is 28.8. The van der Waals surface area contributed by atoms with E-state index in [9.17, 15) is 14.0 Å². The van der Waals surface area contributed by atoms with Crippen molar-refractivity contribution < 1.29 is 23.5 Å². The number of likely N-dealkylation sites (tertiary alicyclic amines) is 1. The fourth-order valence-electron chi connectivity index (χ4n) is 2.57. The molecule has 8 heteroatoms. The van der Waals surface area contributed by atoms with Crippen molar-refractivity contribution in [2.75, 3.05) is 6.54 Å². The van der Waals surface area contributed by atoms with Crippen molar-refractivity contribution in [1.82, 2.24) is 9.88 Å². The lowest BCUT2D eigenvalue weighted by atomic mass is 10.2. The quantitative estimate of drug-likeness (QED) is 0.881. The van der Waals surface area contributed by atoms with Crippen molar-refractivity contribution in [3.05, 3.63) is 40.4 Å². The summed E-state index contributed by atoms with van der Waals surface area (Å²) in [6.07, 6.45) is 2.15. The summed E-state index contributed by atoms with van der Waals surface area (Å²) in [6.45, 7) is 0.352. The van der Waals surface area contributed by atoms with Gasteiger partial charge in [-0.1, -0.05) is 15.9 Å². The summed E-state index contributed by atoms with van der Waals surface area (Å²) >= 11 is 3.15. The van der Waals surface area contributed by atoms with Crippen LogP contribution in [0.25, 0.3) is 11.5 Å². The minimum Gasteiger partial charge on any atom is -0.480 e. The van der Waals surface area contributed by atoms with Crippen molar-refractivity contribution >= 4 is 27.8 Å². The van der Waals surface area contributed by atoms with Crippen LogP contribution in [-0.2, 0) is 4.79 Å². The van der Waals surface area contributed by atoms with E-state index < -0.39 is 23.7 Å². The third-order valence-electron chi connectivity index (χ3n) is 3.68. The highest BCUT2D eigenvalue weighted by Crippen LogP contribution is 2.26. The Morgan fingerprint density at radius 3 is 2.91 bits per heavy atom. The molecule has 0 aliphatic carbocycles. The third kappa shape index (κ3) is 2.98. The number of carbonyl (C=O) groups excluding carboxylic acids is 1. The molecule has 3 rings (SSSR count). The number of carboxylic acid groups (broad SMARTS) is 1. The lowest BCUT2D eigenvalue weighted by Crippen LogP contribution is -2.40. The van der Waals surface area contributed by atoms with Crippen molar-refractivity contribution in [2.45, 2.75) is 18.9 Å². The smallest absolute Gasteiger partial charge is 0.326 e. The molecule has 23 heavy (non-hydrogen) atoms. The minimum atomic E-state index is -1.04. The van der Waals surface area contributed by atoms with Gasteiger partial charge in [-0.15, -0.1) is 0 Å². The molecule has 1 fully saturated rings. The first-order chi connectivity index (χ1) is 11.0. The average Bonchev–Trinajstić information content (AvgIpc) is 3.16. The molecule has 1 aliphatic rings. The summed E-state index contributed by atoms with van der Waals surface area (Å²) in [7, 11) is 0. The Kier molecular flexibility index (Phi) is 4.16. The van der Waals surface area contributed by atoms with Crippen LogP contribution >= 0.6 is 15.9 Å². The van der Waals surface area contributed by atoms with Gasteiger partial charge in [-0.3, -0.25) is 4.79 Å². The van der Waals surface area contributed by atoms with Crippen molar-refractivity contribution in [2.24, 2.45) is 0 Å². The number of aromatic nitrogens is 1. The Morgan fingerprint density at radius 2 is 2.22 bits per heavy atom.